The van der Waals surface area contributed by atoms with E-state index in [-0.39, 0.29) is 5.91 Å². The predicted molar refractivity (Wildman–Crippen MR) is 112 cm³/mol. The minimum Gasteiger partial charge on any atom is -0.457 e. The lowest BCUT2D eigenvalue weighted by Crippen LogP contribution is -2.48. The molecule has 0 aliphatic rings. The van der Waals surface area contributed by atoms with Crippen molar-refractivity contribution in [3.8, 4) is 11.5 Å². The van der Waals surface area contributed by atoms with E-state index >= 15 is 0 Å². The van der Waals surface area contributed by atoms with Crippen LogP contribution < -0.4 is 14.4 Å². The quantitative estimate of drug-likeness (QED) is 0.609. The number of hydrogen-bond acceptors (Lipinski definition) is 4. The lowest BCUT2D eigenvalue weighted by molar-refractivity contribution is -0.121. The zero-order valence-corrected chi connectivity index (χ0v) is 17.4. The van der Waals surface area contributed by atoms with Gasteiger partial charge in [-0.15, -0.1) is 0 Å². The van der Waals surface area contributed by atoms with Gasteiger partial charge in [0.2, 0.25) is 15.9 Å². The third-order valence-corrected chi connectivity index (χ3v) is 5.48. The van der Waals surface area contributed by atoms with Crippen LogP contribution in [-0.2, 0) is 14.8 Å². The molecular formula is C21H28N2O4S. The van der Waals surface area contributed by atoms with Gasteiger partial charge in [0.15, 0.2) is 0 Å². The van der Waals surface area contributed by atoms with Crippen molar-refractivity contribution in [2.45, 2.75) is 39.2 Å². The topological polar surface area (TPSA) is 75.7 Å². The highest BCUT2D eigenvalue weighted by molar-refractivity contribution is 7.92. The van der Waals surface area contributed by atoms with Crippen LogP contribution in [0.25, 0.3) is 0 Å². The number of amides is 1. The maximum atomic E-state index is 12.4. The Labute approximate surface area is 167 Å². The molecular weight excluding hydrogens is 376 g/mol. The third-order valence-electron chi connectivity index (χ3n) is 4.24. The first-order valence-electron chi connectivity index (χ1n) is 9.43. The molecule has 6 nitrogen and oxygen atoms in total. The maximum absolute atomic E-state index is 12.4. The van der Waals surface area contributed by atoms with E-state index in [2.05, 4.69) is 12.2 Å². The molecule has 0 aliphatic heterocycles. The van der Waals surface area contributed by atoms with Crippen LogP contribution in [0.5, 0.6) is 11.5 Å². The number of para-hydroxylation sites is 1. The van der Waals surface area contributed by atoms with Crippen LogP contribution in [0.1, 0.15) is 33.1 Å². The van der Waals surface area contributed by atoms with Crippen LogP contribution in [-0.4, -0.2) is 33.2 Å². The van der Waals surface area contributed by atoms with Crippen LogP contribution >= 0.6 is 0 Å². The van der Waals surface area contributed by atoms with E-state index in [0.717, 1.165) is 29.8 Å². The Bertz CT molecular complexity index is 852. The largest absolute Gasteiger partial charge is 0.457 e. The van der Waals surface area contributed by atoms with Gasteiger partial charge in [0.1, 0.15) is 17.5 Å². The lowest BCUT2D eigenvalue weighted by Gasteiger charge is -2.28. The van der Waals surface area contributed by atoms with E-state index in [1.54, 1.807) is 31.2 Å². The van der Waals surface area contributed by atoms with Crippen molar-refractivity contribution in [3.63, 3.8) is 0 Å². The molecule has 0 unspecified atom stereocenters. The average molecular weight is 405 g/mol. The van der Waals surface area contributed by atoms with E-state index in [0.29, 0.717) is 23.7 Å². The molecule has 28 heavy (non-hydrogen) atoms. The van der Waals surface area contributed by atoms with Crippen LogP contribution in [0.2, 0.25) is 0 Å². The summed E-state index contributed by atoms with van der Waals surface area (Å²) >= 11 is 0. The Morgan fingerprint density at radius 3 is 2.21 bits per heavy atom. The number of ether oxygens (including phenoxy) is 1. The molecule has 2 aromatic rings. The molecule has 1 atom stereocenters. The van der Waals surface area contributed by atoms with E-state index in [1.807, 2.05) is 30.3 Å². The molecule has 152 valence electrons. The number of hydrogen-bond donors (Lipinski definition) is 1. The van der Waals surface area contributed by atoms with Gasteiger partial charge in [-0.3, -0.25) is 9.10 Å². The average Bonchev–Trinajstić information content (AvgIpc) is 2.66. The SMILES string of the molecule is CCCCCNC(=O)[C@H](C)N(c1ccc(Oc2ccccc2)cc1)S(C)(=O)=O. The minimum absolute atomic E-state index is 0.314. The molecule has 2 rings (SSSR count). The number of rotatable bonds is 10. The molecule has 0 fully saturated rings. The summed E-state index contributed by atoms with van der Waals surface area (Å²) in [5, 5.41) is 2.81. The van der Waals surface area contributed by atoms with E-state index in [9.17, 15) is 13.2 Å². The summed E-state index contributed by atoms with van der Waals surface area (Å²) in [7, 11) is -3.64. The van der Waals surface area contributed by atoms with Gasteiger partial charge in [-0.1, -0.05) is 38.0 Å². The van der Waals surface area contributed by atoms with Crippen molar-refractivity contribution >= 4 is 21.6 Å². The first kappa shape index (κ1) is 21.8. The van der Waals surface area contributed by atoms with Crippen LogP contribution in [0.15, 0.2) is 54.6 Å². The molecule has 0 radical (unpaired) electrons. The standard InChI is InChI=1S/C21H28N2O4S/c1-4-5-9-16-22-21(24)17(2)23(28(3,25)26)18-12-14-20(15-13-18)27-19-10-7-6-8-11-19/h6-8,10-15,17H,4-5,9,16H2,1-3H3,(H,22,24)/t17-/m0/s1. The van der Waals surface area contributed by atoms with Gasteiger partial charge in [0.05, 0.1) is 11.9 Å². The van der Waals surface area contributed by atoms with Crippen molar-refractivity contribution in [2.75, 3.05) is 17.1 Å². The molecule has 0 saturated heterocycles. The molecule has 1 N–H and O–H groups in total. The maximum Gasteiger partial charge on any atom is 0.243 e. The fourth-order valence-electron chi connectivity index (χ4n) is 2.83. The molecule has 0 aromatic heterocycles. The zero-order chi connectivity index (χ0) is 20.6. The fourth-order valence-corrected chi connectivity index (χ4v) is 4.00. The second-order valence-electron chi connectivity index (χ2n) is 6.64. The van der Waals surface area contributed by atoms with E-state index in [1.165, 1.54) is 0 Å². The first-order chi connectivity index (χ1) is 13.3. The summed E-state index contributed by atoms with van der Waals surface area (Å²) in [5.74, 6) is 0.959. The molecule has 0 bridgehead atoms. The van der Waals surface area contributed by atoms with Gasteiger partial charge in [-0.25, -0.2) is 8.42 Å². The second-order valence-corrected chi connectivity index (χ2v) is 8.50. The number of anilines is 1. The Morgan fingerprint density at radius 1 is 1.04 bits per heavy atom. The summed E-state index contributed by atoms with van der Waals surface area (Å²) < 4.78 is 31.6. The molecule has 0 aliphatic carbocycles. The normalized spacial score (nSPS) is 12.2. The van der Waals surface area contributed by atoms with Gasteiger partial charge in [0.25, 0.3) is 0 Å². The zero-order valence-electron chi connectivity index (χ0n) is 16.6. The highest BCUT2D eigenvalue weighted by Gasteiger charge is 2.28. The highest BCUT2D eigenvalue weighted by atomic mass is 32.2. The van der Waals surface area contributed by atoms with Gasteiger partial charge < -0.3 is 10.1 Å². The summed E-state index contributed by atoms with van der Waals surface area (Å²) in [4.78, 5) is 12.4. The van der Waals surface area contributed by atoms with Crippen LogP contribution in [0.4, 0.5) is 5.69 Å². The minimum atomic E-state index is -3.64. The summed E-state index contributed by atoms with van der Waals surface area (Å²) in [6, 6.07) is 15.1. The van der Waals surface area contributed by atoms with Crippen molar-refractivity contribution in [3.05, 3.63) is 54.6 Å². The van der Waals surface area contributed by atoms with E-state index < -0.39 is 16.1 Å². The number of benzene rings is 2. The smallest absolute Gasteiger partial charge is 0.243 e. The van der Waals surface area contributed by atoms with Crippen LogP contribution in [0.3, 0.4) is 0 Å². The fraction of sp³-hybridized carbons (Fsp3) is 0.381. The number of carbonyl (C=O) groups excluding carboxylic acids is 1. The number of nitrogens with zero attached hydrogens (tertiary/aromatic N) is 1. The van der Waals surface area contributed by atoms with Gasteiger partial charge in [-0.05, 0) is 49.7 Å². The third kappa shape index (κ3) is 6.27. The van der Waals surface area contributed by atoms with Gasteiger partial charge in [0, 0.05) is 6.54 Å². The Kier molecular flexibility index (Phi) is 7.87. The molecule has 0 spiro atoms. The molecule has 1 amide bonds. The summed E-state index contributed by atoms with van der Waals surface area (Å²) in [5.41, 5.74) is 0.416. The van der Waals surface area contributed by atoms with Gasteiger partial charge in [-0.2, -0.15) is 0 Å². The summed E-state index contributed by atoms with van der Waals surface area (Å²) in [6.45, 7) is 4.21. The van der Waals surface area contributed by atoms with Gasteiger partial charge >= 0.3 is 0 Å². The Hall–Kier alpha value is -2.54. The monoisotopic (exact) mass is 404 g/mol. The number of unbranched alkanes of at least 4 members (excludes halogenated alkanes) is 2. The number of nitrogens with one attached hydrogen (secondary N) is 1. The molecule has 7 heteroatoms. The van der Waals surface area contributed by atoms with Crippen molar-refractivity contribution < 1.29 is 17.9 Å². The molecule has 0 saturated carbocycles. The Morgan fingerprint density at radius 2 is 1.64 bits per heavy atom. The number of carbonyl (C=O) groups is 1. The van der Waals surface area contributed by atoms with E-state index in [4.69, 9.17) is 4.74 Å². The summed E-state index contributed by atoms with van der Waals surface area (Å²) in [6.07, 6.45) is 4.05. The first-order valence-corrected chi connectivity index (χ1v) is 11.3. The highest BCUT2D eigenvalue weighted by Crippen LogP contribution is 2.26. The molecule has 2 aromatic carbocycles. The van der Waals surface area contributed by atoms with Crippen molar-refractivity contribution in [1.29, 1.82) is 0 Å². The van der Waals surface area contributed by atoms with Crippen molar-refractivity contribution in [2.24, 2.45) is 0 Å². The Balaban J connectivity index is 2.13. The number of sulfonamides is 1. The van der Waals surface area contributed by atoms with Crippen molar-refractivity contribution in [1.82, 2.24) is 5.32 Å². The molecule has 0 heterocycles. The van der Waals surface area contributed by atoms with Crippen LogP contribution in [0, 0.1) is 0 Å². The second kappa shape index (κ2) is 10.1. The predicted octanol–water partition coefficient (Wildman–Crippen LogP) is 3.94. The lowest BCUT2D eigenvalue weighted by atomic mass is 10.2.